The van der Waals surface area contributed by atoms with Crippen LogP contribution in [0.25, 0.3) is 0 Å². The first-order valence-corrected chi connectivity index (χ1v) is 7.50. The van der Waals surface area contributed by atoms with Crippen molar-refractivity contribution < 1.29 is 14.1 Å². The number of rotatable bonds is 6. The lowest BCUT2D eigenvalue weighted by Crippen LogP contribution is -2.29. The van der Waals surface area contributed by atoms with Crippen molar-refractivity contribution in [2.45, 2.75) is 25.1 Å². The third kappa shape index (κ3) is 3.99. The van der Waals surface area contributed by atoms with Gasteiger partial charge in [-0.25, -0.2) is 0 Å². The number of benzene rings is 1. The Hall–Kier alpha value is -1.07. The molecule has 1 rings (SSSR count). The number of nitrogens with one attached hydrogen (secondary N) is 1. The van der Waals surface area contributed by atoms with Crippen molar-refractivity contribution in [2.24, 2.45) is 0 Å². The fraction of sp³-hybridized carbons (Fsp3) is 0.538. The van der Waals surface area contributed by atoms with Crippen LogP contribution < -0.4 is 10.1 Å². The Morgan fingerprint density at radius 1 is 1.44 bits per heavy atom. The first kappa shape index (κ1) is 15.0. The number of hydrogen-bond acceptors (Lipinski definition) is 4. The summed E-state index contributed by atoms with van der Waals surface area (Å²) in [6.45, 7) is 4.55. The molecule has 2 N–H and O–H groups in total. The number of methoxy groups -OCH3 is 1. The van der Waals surface area contributed by atoms with Crippen LogP contribution in [-0.2, 0) is 10.8 Å². The predicted octanol–water partition coefficient (Wildman–Crippen LogP) is 1.82. The van der Waals surface area contributed by atoms with Gasteiger partial charge < -0.3 is 15.2 Å². The van der Waals surface area contributed by atoms with Gasteiger partial charge in [-0.2, -0.15) is 0 Å². The monoisotopic (exact) mass is 271 g/mol. The van der Waals surface area contributed by atoms with Crippen LogP contribution in [0.2, 0.25) is 0 Å². The summed E-state index contributed by atoms with van der Waals surface area (Å²) >= 11 is 0. The van der Waals surface area contributed by atoms with E-state index in [1.54, 1.807) is 19.4 Å². The highest BCUT2D eigenvalue weighted by Gasteiger charge is 2.13. The molecule has 0 aliphatic carbocycles. The van der Waals surface area contributed by atoms with E-state index in [1.807, 2.05) is 26.0 Å². The smallest absolute Gasteiger partial charge is 0.124 e. The molecule has 3 atom stereocenters. The van der Waals surface area contributed by atoms with Gasteiger partial charge in [0.15, 0.2) is 0 Å². The zero-order valence-electron chi connectivity index (χ0n) is 11.3. The fourth-order valence-corrected chi connectivity index (χ4v) is 1.92. The van der Waals surface area contributed by atoms with Crippen molar-refractivity contribution in [1.82, 2.24) is 5.32 Å². The van der Waals surface area contributed by atoms with E-state index in [2.05, 4.69) is 5.32 Å². The number of hydrogen-bond donors (Lipinski definition) is 2. The van der Waals surface area contributed by atoms with Crippen LogP contribution in [0.4, 0.5) is 0 Å². The molecule has 102 valence electrons. The molecule has 0 aliphatic rings. The van der Waals surface area contributed by atoms with Crippen molar-refractivity contribution in [1.29, 1.82) is 0 Å². The highest BCUT2D eigenvalue weighted by atomic mass is 32.2. The largest absolute Gasteiger partial charge is 0.507 e. The minimum atomic E-state index is -0.839. The molecule has 0 bridgehead atoms. The average Bonchev–Trinajstić information content (AvgIpc) is 2.34. The van der Waals surface area contributed by atoms with E-state index in [9.17, 15) is 9.32 Å². The molecule has 18 heavy (non-hydrogen) atoms. The van der Waals surface area contributed by atoms with E-state index >= 15 is 0 Å². The normalized spacial score (nSPS) is 16.0. The van der Waals surface area contributed by atoms with E-state index in [0.29, 0.717) is 12.3 Å². The van der Waals surface area contributed by atoms with Crippen molar-refractivity contribution in [3.63, 3.8) is 0 Å². The molecule has 0 aromatic heterocycles. The highest BCUT2D eigenvalue weighted by Crippen LogP contribution is 2.28. The number of phenols is 1. The second-order valence-corrected chi connectivity index (χ2v) is 6.17. The topological polar surface area (TPSA) is 58.6 Å². The molecular formula is C13H21NO3S. The van der Waals surface area contributed by atoms with Crippen LogP contribution >= 0.6 is 0 Å². The summed E-state index contributed by atoms with van der Waals surface area (Å²) in [5.74, 6) is 0.839. The van der Waals surface area contributed by atoms with Crippen LogP contribution in [-0.4, -0.2) is 34.5 Å². The van der Waals surface area contributed by atoms with Gasteiger partial charge in [0.1, 0.15) is 11.5 Å². The Morgan fingerprint density at radius 3 is 2.61 bits per heavy atom. The fourth-order valence-electron chi connectivity index (χ4n) is 1.59. The number of phenolic OH excluding ortho intramolecular Hbond substituents is 1. The number of ether oxygens (including phenoxy) is 1. The Balaban J connectivity index is 2.66. The van der Waals surface area contributed by atoms with Gasteiger partial charge in [0, 0.05) is 46.5 Å². The molecule has 0 fully saturated rings. The summed E-state index contributed by atoms with van der Waals surface area (Å²) in [5, 5.41) is 13.2. The summed E-state index contributed by atoms with van der Waals surface area (Å²) in [7, 11) is 0.725. The summed E-state index contributed by atoms with van der Waals surface area (Å²) in [4.78, 5) is 0. The first-order valence-electron chi connectivity index (χ1n) is 5.88. The Bertz CT molecular complexity index is 423. The third-order valence-electron chi connectivity index (χ3n) is 2.98. The Morgan fingerprint density at radius 2 is 2.11 bits per heavy atom. The maximum atomic E-state index is 11.2. The van der Waals surface area contributed by atoms with Gasteiger partial charge in [0.25, 0.3) is 0 Å². The number of aromatic hydroxyl groups is 1. The molecule has 0 saturated carbocycles. The molecule has 1 aromatic carbocycles. The molecule has 3 unspecified atom stereocenters. The van der Waals surface area contributed by atoms with Gasteiger partial charge in [-0.15, -0.1) is 0 Å². The van der Waals surface area contributed by atoms with Crippen LogP contribution in [0.15, 0.2) is 18.2 Å². The van der Waals surface area contributed by atoms with Gasteiger partial charge >= 0.3 is 0 Å². The summed E-state index contributed by atoms with van der Waals surface area (Å²) in [6, 6.07) is 5.24. The predicted molar refractivity (Wildman–Crippen MR) is 74.6 cm³/mol. The molecule has 0 radical (unpaired) electrons. The van der Waals surface area contributed by atoms with Gasteiger partial charge in [0.2, 0.25) is 0 Å². The standard InChI is InChI=1S/C13H21NO3S/c1-9(18(4)16)8-14-10(2)12-6-5-11(17-3)7-13(12)15/h5-7,9-10,14-15H,8H2,1-4H3. The van der Waals surface area contributed by atoms with E-state index in [-0.39, 0.29) is 17.0 Å². The summed E-state index contributed by atoms with van der Waals surface area (Å²) < 4.78 is 16.3. The van der Waals surface area contributed by atoms with Gasteiger partial charge in [-0.05, 0) is 19.9 Å². The SMILES string of the molecule is COc1ccc(C(C)NCC(C)S(C)=O)c(O)c1. The van der Waals surface area contributed by atoms with Crippen molar-refractivity contribution in [2.75, 3.05) is 19.9 Å². The van der Waals surface area contributed by atoms with E-state index in [4.69, 9.17) is 4.74 Å². The minimum Gasteiger partial charge on any atom is -0.507 e. The first-order chi connectivity index (χ1) is 8.45. The van der Waals surface area contributed by atoms with Crippen LogP contribution in [0.3, 0.4) is 0 Å². The zero-order chi connectivity index (χ0) is 13.7. The molecule has 0 saturated heterocycles. The molecule has 0 heterocycles. The Kier molecular flexibility index (Phi) is 5.62. The highest BCUT2D eigenvalue weighted by molar-refractivity contribution is 7.84. The molecule has 1 aromatic rings. The van der Waals surface area contributed by atoms with Crippen molar-refractivity contribution in [3.8, 4) is 11.5 Å². The summed E-state index contributed by atoms with van der Waals surface area (Å²) in [5.41, 5.74) is 0.810. The van der Waals surface area contributed by atoms with Crippen molar-refractivity contribution >= 4 is 10.8 Å². The van der Waals surface area contributed by atoms with E-state index < -0.39 is 10.8 Å². The van der Waals surface area contributed by atoms with E-state index in [1.165, 1.54) is 0 Å². The molecule has 0 spiro atoms. The van der Waals surface area contributed by atoms with Crippen LogP contribution in [0.1, 0.15) is 25.5 Å². The van der Waals surface area contributed by atoms with E-state index in [0.717, 1.165) is 5.56 Å². The Labute approximate surface area is 111 Å². The molecular weight excluding hydrogens is 250 g/mol. The molecule has 4 nitrogen and oxygen atoms in total. The lowest BCUT2D eigenvalue weighted by Gasteiger charge is -2.18. The average molecular weight is 271 g/mol. The van der Waals surface area contributed by atoms with Crippen molar-refractivity contribution in [3.05, 3.63) is 23.8 Å². The lowest BCUT2D eigenvalue weighted by atomic mass is 10.1. The molecule has 0 amide bonds. The maximum absolute atomic E-state index is 11.2. The maximum Gasteiger partial charge on any atom is 0.124 e. The van der Waals surface area contributed by atoms with Gasteiger partial charge in [-0.1, -0.05) is 6.07 Å². The quantitative estimate of drug-likeness (QED) is 0.828. The second-order valence-electron chi connectivity index (χ2n) is 4.36. The lowest BCUT2D eigenvalue weighted by molar-refractivity contribution is 0.404. The van der Waals surface area contributed by atoms with Crippen LogP contribution in [0.5, 0.6) is 11.5 Å². The van der Waals surface area contributed by atoms with Gasteiger partial charge in [0.05, 0.1) is 7.11 Å². The summed E-state index contributed by atoms with van der Waals surface area (Å²) in [6.07, 6.45) is 1.70. The minimum absolute atomic E-state index is 0.00176. The molecule has 5 heteroatoms. The zero-order valence-corrected chi connectivity index (χ0v) is 12.1. The molecule has 0 aliphatic heterocycles. The third-order valence-corrected chi connectivity index (χ3v) is 4.28. The van der Waals surface area contributed by atoms with Crippen LogP contribution in [0, 0.1) is 0 Å². The van der Waals surface area contributed by atoms with Gasteiger partial charge in [-0.3, -0.25) is 4.21 Å². The second kappa shape index (κ2) is 6.75.